The van der Waals surface area contributed by atoms with Crippen LogP contribution in [-0.4, -0.2) is 30.9 Å². The SMILES string of the molecule is Cl.O=C1CCC(C(=O)N2CCNCc3ccccc32)N1. The third kappa shape index (κ3) is 2.78. The molecule has 2 heterocycles. The second kappa shape index (κ2) is 6.24. The van der Waals surface area contributed by atoms with Crippen LogP contribution in [0.5, 0.6) is 0 Å². The Morgan fingerprint density at radius 2 is 2.10 bits per heavy atom. The molecule has 2 aliphatic rings. The summed E-state index contributed by atoms with van der Waals surface area (Å²) in [6, 6.07) is 7.56. The predicted molar refractivity (Wildman–Crippen MR) is 78.9 cm³/mol. The van der Waals surface area contributed by atoms with Gasteiger partial charge in [-0.3, -0.25) is 9.59 Å². The molecular formula is C14H18ClN3O2. The van der Waals surface area contributed by atoms with Crippen molar-refractivity contribution in [3.63, 3.8) is 0 Å². The molecule has 1 saturated heterocycles. The Morgan fingerprint density at radius 1 is 1.30 bits per heavy atom. The number of amides is 2. The third-order valence-corrected chi connectivity index (χ3v) is 3.67. The van der Waals surface area contributed by atoms with Gasteiger partial charge in [0.15, 0.2) is 0 Å². The number of benzene rings is 1. The molecule has 0 aliphatic carbocycles. The molecular weight excluding hydrogens is 278 g/mol. The third-order valence-electron chi connectivity index (χ3n) is 3.67. The van der Waals surface area contributed by atoms with Crippen LogP contribution in [0, 0.1) is 0 Å². The number of halogens is 1. The molecule has 1 aromatic rings. The van der Waals surface area contributed by atoms with Gasteiger partial charge in [0.2, 0.25) is 11.8 Å². The van der Waals surface area contributed by atoms with Crippen molar-refractivity contribution in [3.8, 4) is 0 Å². The summed E-state index contributed by atoms with van der Waals surface area (Å²) in [7, 11) is 0. The summed E-state index contributed by atoms with van der Waals surface area (Å²) < 4.78 is 0. The Hall–Kier alpha value is -1.59. The van der Waals surface area contributed by atoms with E-state index >= 15 is 0 Å². The zero-order valence-corrected chi connectivity index (χ0v) is 11.9. The van der Waals surface area contributed by atoms with E-state index in [1.165, 1.54) is 0 Å². The molecule has 1 unspecified atom stereocenters. The van der Waals surface area contributed by atoms with Crippen LogP contribution in [0.1, 0.15) is 18.4 Å². The fraction of sp³-hybridized carbons (Fsp3) is 0.429. The maximum atomic E-state index is 12.5. The zero-order valence-electron chi connectivity index (χ0n) is 11.1. The van der Waals surface area contributed by atoms with Gasteiger partial charge < -0.3 is 15.5 Å². The molecule has 20 heavy (non-hydrogen) atoms. The summed E-state index contributed by atoms with van der Waals surface area (Å²) >= 11 is 0. The molecule has 1 atom stereocenters. The van der Waals surface area contributed by atoms with Crippen LogP contribution in [-0.2, 0) is 16.1 Å². The monoisotopic (exact) mass is 295 g/mol. The van der Waals surface area contributed by atoms with Gasteiger partial charge >= 0.3 is 0 Å². The minimum absolute atomic E-state index is 0. The average Bonchev–Trinajstić information content (AvgIpc) is 2.74. The van der Waals surface area contributed by atoms with Crippen molar-refractivity contribution in [2.45, 2.75) is 25.4 Å². The maximum absolute atomic E-state index is 12.5. The minimum atomic E-state index is -0.362. The highest BCUT2D eigenvalue weighted by Crippen LogP contribution is 2.24. The van der Waals surface area contributed by atoms with E-state index in [1.807, 2.05) is 24.3 Å². The highest BCUT2D eigenvalue weighted by molar-refractivity contribution is 6.01. The molecule has 0 radical (unpaired) electrons. The topological polar surface area (TPSA) is 61.4 Å². The van der Waals surface area contributed by atoms with Crippen LogP contribution in [0.4, 0.5) is 5.69 Å². The van der Waals surface area contributed by atoms with E-state index in [9.17, 15) is 9.59 Å². The number of carbonyl (C=O) groups is 2. The van der Waals surface area contributed by atoms with Crippen LogP contribution >= 0.6 is 12.4 Å². The van der Waals surface area contributed by atoms with Gasteiger partial charge in [-0.25, -0.2) is 0 Å². The number of fused-ring (bicyclic) bond motifs is 1. The Balaban J connectivity index is 0.00000147. The summed E-state index contributed by atoms with van der Waals surface area (Å²) in [5, 5.41) is 6.06. The van der Waals surface area contributed by atoms with Crippen LogP contribution in [0.15, 0.2) is 24.3 Å². The summed E-state index contributed by atoms with van der Waals surface area (Å²) in [5.74, 6) is -0.0263. The summed E-state index contributed by atoms with van der Waals surface area (Å²) in [5.41, 5.74) is 2.08. The van der Waals surface area contributed by atoms with E-state index < -0.39 is 0 Å². The first-order valence-electron chi connectivity index (χ1n) is 6.65. The molecule has 108 valence electrons. The molecule has 0 aromatic heterocycles. The van der Waals surface area contributed by atoms with Gasteiger partial charge in [-0.1, -0.05) is 18.2 Å². The molecule has 0 bridgehead atoms. The summed E-state index contributed by atoms with van der Waals surface area (Å²) in [6.45, 7) is 2.18. The van der Waals surface area contributed by atoms with Crippen LogP contribution < -0.4 is 15.5 Å². The van der Waals surface area contributed by atoms with Crippen molar-refractivity contribution in [2.75, 3.05) is 18.0 Å². The first-order chi connectivity index (χ1) is 9.25. The number of anilines is 1. The van der Waals surface area contributed by atoms with Crippen molar-refractivity contribution >= 4 is 29.9 Å². The molecule has 1 aromatic carbocycles. The molecule has 2 aliphatic heterocycles. The molecule has 2 N–H and O–H groups in total. The Bertz CT molecular complexity index is 521. The van der Waals surface area contributed by atoms with Crippen LogP contribution in [0.3, 0.4) is 0 Å². The largest absolute Gasteiger partial charge is 0.344 e. The number of hydrogen-bond donors (Lipinski definition) is 2. The fourth-order valence-electron chi connectivity index (χ4n) is 2.67. The molecule has 2 amide bonds. The van der Waals surface area contributed by atoms with Gasteiger partial charge in [0, 0.05) is 31.7 Å². The first kappa shape index (κ1) is 14.8. The van der Waals surface area contributed by atoms with Crippen molar-refractivity contribution in [1.29, 1.82) is 0 Å². The average molecular weight is 296 g/mol. The smallest absolute Gasteiger partial charge is 0.249 e. The second-order valence-corrected chi connectivity index (χ2v) is 4.95. The quantitative estimate of drug-likeness (QED) is 0.806. The Labute approximate surface area is 124 Å². The number of hydrogen-bond acceptors (Lipinski definition) is 3. The van der Waals surface area contributed by atoms with E-state index in [-0.39, 0.29) is 30.3 Å². The van der Waals surface area contributed by atoms with Crippen molar-refractivity contribution in [2.24, 2.45) is 0 Å². The molecule has 0 spiro atoms. The first-order valence-corrected chi connectivity index (χ1v) is 6.65. The number of carbonyl (C=O) groups excluding carboxylic acids is 2. The van der Waals surface area contributed by atoms with Crippen molar-refractivity contribution in [3.05, 3.63) is 29.8 Å². The van der Waals surface area contributed by atoms with Gasteiger partial charge in [-0.05, 0) is 18.1 Å². The molecule has 1 fully saturated rings. The van der Waals surface area contributed by atoms with Crippen molar-refractivity contribution in [1.82, 2.24) is 10.6 Å². The number of nitrogens with one attached hydrogen (secondary N) is 2. The van der Waals surface area contributed by atoms with E-state index in [2.05, 4.69) is 10.6 Å². The van der Waals surface area contributed by atoms with Crippen LogP contribution in [0.2, 0.25) is 0 Å². The highest BCUT2D eigenvalue weighted by Gasteiger charge is 2.32. The summed E-state index contributed by atoms with van der Waals surface area (Å²) in [4.78, 5) is 25.6. The highest BCUT2D eigenvalue weighted by atomic mass is 35.5. The van der Waals surface area contributed by atoms with E-state index in [1.54, 1.807) is 4.90 Å². The zero-order chi connectivity index (χ0) is 13.2. The number of rotatable bonds is 1. The van der Waals surface area contributed by atoms with E-state index in [0.29, 0.717) is 19.4 Å². The molecule has 5 nitrogen and oxygen atoms in total. The lowest BCUT2D eigenvalue weighted by Crippen LogP contribution is -2.46. The van der Waals surface area contributed by atoms with Gasteiger partial charge in [0.1, 0.15) is 6.04 Å². The molecule has 6 heteroatoms. The van der Waals surface area contributed by atoms with Crippen LogP contribution in [0.25, 0.3) is 0 Å². The second-order valence-electron chi connectivity index (χ2n) is 4.95. The Morgan fingerprint density at radius 3 is 2.85 bits per heavy atom. The number of nitrogens with zero attached hydrogens (tertiary/aromatic N) is 1. The van der Waals surface area contributed by atoms with Gasteiger partial charge in [0.25, 0.3) is 0 Å². The van der Waals surface area contributed by atoms with Crippen molar-refractivity contribution < 1.29 is 9.59 Å². The van der Waals surface area contributed by atoms with Gasteiger partial charge in [0.05, 0.1) is 0 Å². The molecule has 0 saturated carbocycles. The normalized spacial score (nSPS) is 21.5. The van der Waals surface area contributed by atoms with E-state index in [4.69, 9.17) is 0 Å². The fourth-order valence-corrected chi connectivity index (χ4v) is 2.67. The lowest BCUT2D eigenvalue weighted by Gasteiger charge is -2.25. The Kier molecular flexibility index (Phi) is 4.62. The lowest BCUT2D eigenvalue weighted by atomic mass is 10.1. The van der Waals surface area contributed by atoms with E-state index in [0.717, 1.165) is 24.3 Å². The summed E-state index contributed by atoms with van der Waals surface area (Å²) in [6.07, 6.45) is 1.05. The predicted octanol–water partition coefficient (Wildman–Crippen LogP) is 0.823. The number of para-hydroxylation sites is 1. The maximum Gasteiger partial charge on any atom is 0.249 e. The lowest BCUT2D eigenvalue weighted by molar-refractivity contribution is -0.124. The standard InChI is InChI=1S/C14H17N3O2.ClH/c18-13-6-5-11(16-13)14(19)17-8-7-15-9-10-3-1-2-4-12(10)17;/h1-4,11,15H,5-9H2,(H,16,18);1H. The molecule has 3 rings (SSSR count). The minimum Gasteiger partial charge on any atom is -0.344 e. The van der Waals surface area contributed by atoms with Gasteiger partial charge in [-0.2, -0.15) is 0 Å². The van der Waals surface area contributed by atoms with Gasteiger partial charge in [-0.15, -0.1) is 12.4 Å².